The lowest BCUT2D eigenvalue weighted by Crippen LogP contribution is -1.97. The summed E-state index contributed by atoms with van der Waals surface area (Å²) in [6.07, 6.45) is 2.62. The van der Waals surface area contributed by atoms with E-state index in [0.717, 1.165) is 27.6 Å². The Morgan fingerprint density at radius 1 is 1.04 bits per heavy atom. The van der Waals surface area contributed by atoms with E-state index in [1.165, 1.54) is 29.2 Å². The third-order valence-electron chi connectivity index (χ3n) is 4.58. The first-order valence-electron chi connectivity index (χ1n) is 8.06. The van der Waals surface area contributed by atoms with Crippen molar-refractivity contribution in [2.75, 3.05) is 5.32 Å². The van der Waals surface area contributed by atoms with Gasteiger partial charge < -0.3 is 10.3 Å². The molecule has 0 saturated heterocycles. The van der Waals surface area contributed by atoms with Gasteiger partial charge in [0.15, 0.2) is 4.77 Å². The molecule has 2 heterocycles. The summed E-state index contributed by atoms with van der Waals surface area (Å²) in [5, 5.41) is 9.26. The molecule has 24 heavy (non-hydrogen) atoms. The van der Waals surface area contributed by atoms with Crippen LogP contribution in [0.4, 0.5) is 11.5 Å². The zero-order chi connectivity index (χ0) is 16.1. The van der Waals surface area contributed by atoms with E-state index in [9.17, 15) is 0 Å². The molecule has 0 aliphatic heterocycles. The quantitative estimate of drug-likeness (QED) is 0.437. The number of rotatable bonds is 3. The summed E-state index contributed by atoms with van der Waals surface area (Å²) in [7, 11) is 0. The first-order chi connectivity index (χ1) is 11.8. The topological polar surface area (TPSA) is 40.7 Å². The number of anilines is 2. The van der Waals surface area contributed by atoms with Crippen molar-refractivity contribution in [1.29, 1.82) is 0 Å². The Morgan fingerprint density at radius 3 is 2.71 bits per heavy atom. The summed E-state index contributed by atoms with van der Waals surface area (Å²) in [6.45, 7) is 0. The molecular weight excluding hydrogens is 334 g/mol. The molecule has 0 unspecified atom stereocenters. The number of aromatic amines is 1. The maximum Gasteiger partial charge on any atom is 0.199 e. The van der Waals surface area contributed by atoms with Crippen molar-refractivity contribution in [3.63, 3.8) is 0 Å². The highest BCUT2D eigenvalue weighted by Gasteiger charge is 2.25. The number of hydrogen-bond acceptors (Lipinski definition) is 4. The Labute approximate surface area is 148 Å². The van der Waals surface area contributed by atoms with E-state index in [0.29, 0.717) is 4.77 Å². The number of H-pyrrole nitrogens is 1. The van der Waals surface area contributed by atoms with Gasteiger partial charge in [0.1, 0.15) is 10.6 Å². The fourth-order valence-electron chi connectivity index (χ4n) is 3.29. The van der Waals surface area contributed by atoms with Gasteiger partial charge in [0.25, 0.3) is 0 Å². The molecule has 1 aliphatic rings. The lowest BCUT2D eigenvalue weighted by Gasteiger charge is -2.13. The monoisotopic (exact) mass is 349 g/mol. The highest BCUT2D eigenvalue weighted by Crippen LogP contribution is 2.44. The van der Waals surface area contributed by atoms with Gasteiger partial charge in [0.2, 0.25) is 0 Å². The zero-order valence-corrected chi connectivity index (χ0v) is 14.5. The van der Waals surface area contributed by atoms with Crippen LogP contribution in [0.3, 0.4) is 0 Å². The van der Waals surface area contributed by atoms with Crippen LogP contribution in [0, 0.1) is 4.77 Å². The minimum atomic E-state index is 0.506. The minimum Gasteiger partial charge on any atom is -0.341 e. The zero-order valence-electron chi connectivity index (χ0n) is 12.9. The van der Waals surface area contributed by atoms with Crippen molar-refractivity contribution in [1.82, 2.24) is 9.97 Å². The maximum absolute atomic E-state index is 5.27. The van der Waals surface area contributed by atoms with Gasteiger partial charge in [-0.1, -0.05) is 30.3 Å². The molecule has 1 saturated carbocycles. The molecule has 1 fully saturated rings. The Balaban J connectivity index is 1.68. The second-order valence-corrected chi connectivity index (χ2v) is 7.48. The van der Waals surface area contributed by atoms with E-state index in [-0.39, 0.29) is 0 Å². The first kappa shape index (κ1) is 14.1. The van der Waals surface area contributed by atoms with E-state index in [1.807, 2.05) is 5.38 Å². The Bertz CT molecular complexity index is 1120. The highest BCUT2D eigenvalue weighted by molar-refractivity contribution is 7.71. The summed E-state index contributed by atoms with van der Waals surface area (Å²) >= 11 is 6.88. The van der Waals surface area contributed by atoms with Gasteiger partial charge in [-0.25, -0.2) is 4.98 Å². The molecule has 118 valence electrons. The minimum absolute atomic E-state index is 0.506. The summed E-state index contributed by atoms with van der Waals surface area (Å²) in [5.41, 5.74) is 2.57. The Hall–Kier alpha value is -2.24. The average Bonchev–Trinajstić information content (AvgIpc) is 3.32. The molecule has 4 aromatic rings. The predicted octanol–water partition coefficient (Wildman–Crippen LogP) is 6.13. The van der Waals surface area contributed by atoms with Gasteiger partial charge in [0.05, 0.1) is 5.39 Å². The second kappa shape index (κ2) is 5.40. The van der Waals surface area contributed by atoms with Crippen LogP contribution in [-0.2, 0) is 0 Å². The molecule has 0 spiro atoms. The molecule has 1 aliphatic carbocycles. The van der Waals surface area contributed by atoms with Crippen LogP contribution >= 0.6 is 23.6 Å². The van der Waals surface area contributed by atoms with Gasteiger partial charge in [-0.15, -0.1) is 11.3 Å². The third kappa shape index (κ3) is 2.32. The van der Waals surface area contributed by atoms with Gasteiger partial charge in [-0.3, -0.25) is 0 Å². The lowest BCUT2D eigenvalue weighted by molar-refractivity contribution is 1.15. The fourth-order valence-corrected chi connectivity index (χ4v) is 4.31. The number of hydrogen-bond donors (Lipinski definition) is 2. The summed E-state index contributed by atoms with van der Waals surface area (Å²) < 4.78 is 0.506. The van der Waals surface area contributed by atoms with Crippen LogP contribution < -0.4 is 5.32 Å². The molecule has 0 bridgehead atoms. The SMILES string of the molecule is S=c1nc2sccc2c(Nc2ccc(C3CC3)c3ccccc23)[nH]1. The van der Waals surface area contributed by atoms with Crippen molar-refractivity contribution >= 4 is 56.0 Å². The predicted molar refractivity (Wildman–Crippen MR) is 104 cm³/mol. The molecule has 0 amide bonds. The largest absolute Gasteiger partial charge is 0.341 e. The second-order valence-electron chi connectivity index (χ2n) is 6.20. The van der Waals surface area contributed by atoms with E-state index in [4.69, 9.17) is 12.2 Å². The Kier molecular flexibility index (Phi) is 3.18. The summed E-state index contributed by atoms with van der Waals surface area (Å²) in [4.78, 5) is 8.54. The van der Waals surface area contributed by atoms with Crippen molar-refractivity contribution < 1.29 is 0 Å². The van der Waals surface area contributed by atoms with E-state index in [1.54, 1.807) is 11.3 Å². The maximum atomic E-state index is 5.27. The highest BCUT2D eigenvalue weighted by atomic mass is 32.1. The number of thiophene rings is 1. The molecule has 2 N–H and O–H groups in total. The van der Waals surface area contributed by atoms with E-state index >= 15 is 0 Å². The third-order valence-corrected chi connectivity index (χ3v) is 5.58. The summed E-state index contributed by atoms with van der Waals surface area (Å²) in [5.74, 6) is 1.65. The average molecular weight is 349 g/mol. The van der Waals surface area contributed by atoms with Crippen LogP contribution in [0.5, 0.6) is 0 Å². The lowest BCUT2D eigenvalue weighted by atomic mass is 9.99. The number of aromatic nitrogens is 2. The molecule has 5 heteroatoms. The number of nitrogens with zero attached hydrogens (tertiary/aromatic N) is 1. The van der Waals surface area contributed by atoms with E-state index in [2.05, 4.69) is 57.7 Å². The van der Waals surface area contributed by atoms with Crippen molar-refractivity contribution in [3.05, 3.63) is 58.2 Å². The van der Waals surface area contributed by atoms with Gasteiger partial charge in [-0.2, -0.15) is 0 Å². The van der Waals surface area contributed by atoms with E-state index < -0.39 is 0 Å². The van der Waals surface area contributed by atoms with Crippen LogP contribution in [0.25, 0.3) is 21.0 Å². The van der Waals surface area contributed by atoms with Crippen LogP contribution in [-0.4, -0.2) is 9.97 Å². The molecule has 3 nitrogen and oxygen atoms in total. The van der Waals surface area contributed by atoms with Crippen molar-refractivity contribution in [2.45, 2.75) is 18.8 Å². The molecule has 2 aromatic heterocycles. The molecule has 0 atom stereocenters. The summed E-state index contributed by atoms with van der Waals surface area (Å²) in [6, 6.07) is 15.2. The molecular formula is C19H15N3S2. The number of nitrogens with one attached hydrogen (secondary N) is 2. The molecule has 5 rings (SSSR count). The van der Waals surface area contributed by atoms with Gasteiger partial charge >= 0.3 is 0 Å². The van der Waals surface area contributed by atoms with Crippen LogP contribution in [0.1, 0.15) is 24.3 Å². The number of benzene rings is 2. The van der Waals surface area contributed by atoms with Crippen molar-refractivity contribution in [2.24, 2.45) is 0 Å². The number of fused-ring (bicyclic) bond motifs is 2. The standard InChI is InChI=1S/C19H15N3S2/c23-19-21-17(15-9-10-24-18(15)22-19)20-16-8-7-12(11-5-6-11)13-3-1-2-4-14(13)16/h1-4,7-11H,5-6H2,(H2,20,21,22,23). The van der Waals surface area contributed by atoms with Crippen LogP contribution in [0.2, 0.25) is 0 Å². The first-order valence-corrected chi connectivity index (χ1v) is 9.34. The fraction of sp³-hybridized carbons (Fsp3) is 0.158. The smallest absolute Gasteiger partial charge is 0.199 e. The van der Waals surface area contributed by atoms with Gasteiger partial charge in [-0.05, 0) is 59.4 Å². The van der Waals surface area contributed by atoms with Gasteiger partial charge in [0, 0.05) is 11.1 Å². The Morgan fingerprint density at radius 2 is 1.88 bits per heavy atom. The molecule has 0 radical (unpaired) electrons. The van der Waals surface area contributed by atoms with Crippen LogP contribution in [0.15, 0.2) is 47.8 Å². The van der Waals surface area contributed by atoms with Crippen molar-refractivity contribution in [3.8, 4) is 0 Å². The molecule has 2 aromatic carbocycles. The normalized spacial score (nSPS) is 14.3.